The summed E-state index contributed by atoms with van der Waals surface area (Å²) in [5.41, 5.74) is 2.67. The number of nitriles is 1. The van der Waals surface area contributed by atoms with Crippen LogP contribution in [0.25, 0.3) is 0 Å². The highest BCUT2D eigenvalue weighted by atomic mass is 35.5. The summed E-state index contributed by atoms with van der Waals surface area (Å²) in [6, 6.07) is 15.6. The Bertz CT molecular complexity index is 664. The lowest BCUT2D eigenvalue weighted by atomic mass is 10.1. The average Bonchev–Trinajstić information content (AvgIpc) is 2.52. The Morgan fingerprint density at radius 3 is 2.71 bits per heavy atom. The van der Waals surface area contributed by atoms with Crippen LogP contribution in [0.3, 0.4) is 0 Å². The zero-order valence-corrected chi connectivity index (χ0v) is 12.8. The molecule has 0 unspecified atom stereocenters. The lowest BCUT2D eigenvalue weighted by Gasteiger charge is -2.16. The van der Waals surface area contributed by atoms with E-state index in [0.29, 0.717) is 17.9 Å². The molecule has 3 nitrogen and oxygen atoms in total. The van der Waals surface area contributed by atoms with Crippen molar-refractivity contribution in [3.63, 3.8) is 0 Å². The smallest absolute Gasteiger partial charge is 0.136 e. The van der Waals surface area contributed by atoms with Gasteiger partial charge in [0.25, 0.3) is 0 Å². The summed E-state index contributed by atoms with van der Waals surface area (Å²) in [5, 5.41) is 13.2. The molecule has 0 bridgehead atoms. The monoisotopic (exact) mass is 300 g/mol. The first-order valence-corrected chi connectivity index (χ1v) is 7.08. The fraction of sp³-hybridized carbons (Fsp3) is 0.235. The molecule has 108 valence electrons. The highest BCUT2D eigenvalue weighted by Crippen LogP contribution is 2.23. The van der Waals surface area contributed by atoms with Crippen molar-refractivity contribution >= 4 is 11.6 Å². The standard InChI is InChI=1S/C17H17ClN2O/c1-12(15-5-3-4-6-16(15)18)20-11-13-7-8-14(10-19)17(9-13)21-2/h3-9,12,20H,11H2,1-2H3/t12-/m0/s1. The molecule has 4 heteroatoms. The first kappa shape index (κ1) is 15.4. The first-order chi connectivity index (χ1) is 10.2. The number of rotatable bonds is 5. The second-order valence-electron chi connectivity index (χ2n) is 4.77. The third kappa shape index (κ3) is 3.75. The molecule has 2 rings (SSSR count). The van der Waals surface area contributed by atoms with Crippen LogP contribution in [0.1, 0.15) is 29.7 Å². The van der Waals surface area contributed by atoms with E-state index in [-0.39, 0.29) is 6.04 Å². The van der Waals surface area contributed by atoms with Gasteiger partial charge in [0.2, 0.25) is 0 Å². The fourth-order valence-electron chi connectivity index (χ4n) is 2.15. The zero-order valence-electron chi connectivity index (χ0n) is 12.1. The van der Waals surface area contributed by atoms with Gasteiger partial charge < -0.3 is 10.1 Å². The zero-order chi connectivity index (χ0) is 15.2. The topological polar surface area (TPSA) is 45.0 Å². The Hall–Kier alpha value is -2.02. The molecule has 21 heavy (non-hydrogen) atoms. The largest absolute Gasteiger partial charge is 0.495 e. The minimum atomic E-state index is 0.139. The van der Waals surface area contributed by atoms with Crippen LogP contribution in [0.4, 0.5) is 0 Å². The van der Waals surface area contributed by atoms with E-state index in [0.717, 1.165) is 16.1 Å². The second kappa shape index (κ2) is 7.12. The molecule has 0 saturated heterocycles. The summed E-state index contributed by atoms with van der Waals surface area (Å²) in [4.78, 5) is 0. The molecule has 0 aliphatic heterocycles. The molecule has 0 spiro atoms. The van der Waals surface area contributed by atoms with Crippen molar-refractivity contribution in [1.82, 2.24) is 5.32 Å². The molecule has 0 saturated carbocycles. The normalized spacial score (nSPS) is 11.7. The van der Waals surface area contributed by atoms with Gasteiger partial charge in [-0.15, -0.1) is 0 Å². The summed E-state index contributed by atoms with van der Waals surface area (Å²) < 4.78 is 5.22. The van der Waals surface area contributed by atoms with Crippen molar-refractivity contribution in [2.24, 2.45) is 0 Å². The van der Waals surface area contributed by atoms with E-state index in [1.807, 2.05) is 36.4 Å². The third-order valence-electron chi connectivity index (χ3n) is 3.37. The van der Waals surface area contributed by atoms with E-state index in [2.05, 4.69) is 18.3 Å². The number of hydrogen-bond acceptors (Lipinski definition) is 3. The second-order valence-corrected chi connectivity index (χ2v) is 5.18. The van der Waals surface area contributed by atoms with Crippen LogP contribution in [0.5, 0.6) is 5.75 Å². The van der Waals surface area contributed by atoms with Crippen molar-refractivity contribution in [3.8, 4) is 11.8 Å². The van der Waals surface area contributed by atoms with Crippen molar-refractivity contribution in [2.75, 3.05) is 7.11 Å². The molecule has 0 radical (unpaired) electrons. The number of nitrogens with one attached hydrogen (secondary N) is 1. The SMILES string of the molecule is COc1cc(CN[C@@H](C)c2ccccc2Cl)ccc1C#N. The van der Waals surface area contributed by atoms with Gasteiger partial charge in [-0.3, -0.25) is 0 Å². The first-order valence-electron chi connectivity index (χ1n) is 6.70. The summed E-state index contributed by atoms with van der Waals surface area (Å²) >= 11 is 6.19. The van der Waals surface area contributed by atoms with Crippen LogP contribution in [-0.2, 0) is 6.54 Å². The molecule has 0 aromatic heterocycles. The predicted molar refractivity (Wildman–Crippen MR) is 84.4 cm³/mol. The van der Waals surface area contributed by atoms with Crippen molar-refractivity contribution in [1.29, 1.82) is 5.26 Å². The Kier molecular flexibility index (Phi) is 5.21. The van der Waals surface area contributed by atoms with E-state index in [4.69, 9.17) is 21.6 Å². The van der Waals surface area contributed by atoms with Crippen molar-refractivity contribution in [2.45, 2.75) is 19.5 Å². The van der Waals surface area contributed by atoms with Crippen LogP contribution in [0, 0.1) is 11.3 Å². The number of methoxy groups -OCH3 is 1. The lowest BCUT2D eigenvalue weighted by Crippen LogP contribution is -2.18. The Labute approximate surface area is 130 Å². The quantitative estimate of drug-likeness (QED) is 0.905. The molecule has 1 N–H and O–H groups in total. The number of hydrogen-bond donors (Lipinski definition) is 1. The van der Waals surface area contributed by atoms with Gasteiger partial charge in [0.1, 0.15) is 11.8 Å². The van der Waals surface area contributed by atoms with Crippen LogP contribution >= 0.6 is 11.6 Å². The van der Waals surface area contributed by atoms with Gasteiger partial charge in [-0.2, -0.15) is 5.26 Å². The number of nitrogens with zero attached hydrogens (tertiary/aromatic N) is 1. The van der Waals surface area contributed by atoms with Crippen LogP contribution in [-0.4, -0.2) is 7.11 Å². The van der Waals surface area contributed by atoms with Crippen LogP contribution < -0.4 is 10.1 Å². The van der Waals surface area contributed by atoms with Crippen LogP contribution in [0.15, 0.2) is 42.5 Å². The molecule has 0 heterocycles. The Balaban J connectivity index is 2.07. The minimum Gasteiger partial charge on any atom is -0.495 e. The maximum Gasteiger partial charge on any atom is 0.136 e. The van der Waals surface area contributed by atoms with Gasteiger partial charge >= 0.3 is 0 Å². The number of benzene rings is 2. The summed E-state index contributed by atoms with van der Waals surface area (Å²) in [5.74, 6) is 0.599. The van der Waals surface area contributed by atoms with E-state index in [1.54, 1.807) is 13.2 Å². The highest BCUT2D eigenvalue weighted by Gasteiger charge is 2.09. The van der Waals surface area contributed by atoms with Gasteiger partial charge in [0, 0.05) is 17.6 Å². The number of halogens is 1. The molecule has 0 aliphatic carbocycles. The minimum absolute atomic E-state index is 0.139. The van der Waals surface area contributed by atoms with Crippen molar-refractivity contribution in [3.05, 3.63) is 64.2 Å². The van der Waals surface area contributed by atoms with E-state index in [9.17, 15) is 0 Å². The van der Waals surface area contributed by atoms with E-state index >= 15 is 0 Å². The van der Waals surface area contributed by atoms with Gasteiger partial charge in [0.15, 0.2) is 0 Å². The Morgan fingerprint density at radius 1 is 1.29 bits per heavy atom. The van der Waals surface area contributed by atoms with Gasteiger partial charge in [-0.1, -0.05) is 35.9 Å². The maximum absolute atomic E-state index is 8.98. The molecule has 0 amide bonds. The molecule has 0 fully saturated rings. The molecule has 0 aliphatic rings. The summed E-state index contributed by atoms with van der Waals surface area (Å²) in [6.07, 6.45) is 0. The molecule has 2 aromatic carbocycles. The average molecular weight is 301 g/mol. The Morgan fingerprint density at radius 2 is 2.05 bits per heavy atom. The predicted octanol–water partition coefficient (Wildman–Crippen LogP) is 4.07. The summed E-state index contributed by atoms with van der Waals surface area (Å²) in [7, 11) is 1.57. The molecular weight excluding hydrogens is 284 g/mol. The van der Waals surface area contributed by atoms with Gasteiger partial charge in [-0.25, -0.2) is 0 Å². The molecular formula is C17H17ClN2O. The van der Waals surface area contributed by atoms with Crippen LogP contribution in [0.2, 0.25) is 5.02 Å². The van der Waals surface area contributed by atoms with E-state index in [1.165, 1.54) is 0 Å². The van der Waals surface area contributed by atoms with Gasteiger partial charge in [0.05, 0.1) is 12.7 Å². The fourth-order valence-corrected chi connectivity index (χ4v) is 2.44. The van der Waals surface area contributed by atoms with E-state index < -0.39 is 0 Å². The number of ether oxygens (including phenoxy) is 1. The highest BCUT2D eigenvalue weighted by molar-refractivity contribution is 6.31. The molecule has 2 aromatic rings. The maximum atomic E-state index is 8.98. The third-order valence-corrected chi connectivity index (χ3v) is 3.71. The lowest BCUT2D eigenvalue weighted by molar-refractivity contribution is 0.412. The van der Waals surface area contributed by atoms with Crippen molar-refractivity contribution < 1.29 is 4.74 Å². The molecule has 1 atom stereocenters. The van der Waals surface area contributed by atoms with Gasteiger partial charge in [-0.05, 0) is 36.2 Å². The summed E-state index contributed by atoms with van der Waals surface area (Å²) in [6.45, 7) is 2.75.